The number of benzene rings is 1. The van der Waals surface area contributed by atoms with Gasteiger partial charge in [0.2, 0.25) is 0 Å². The van der Waals surface area contributed by atoms with Gasteiger partial charge in [0.15, 0.2) is 5.60 Å². The molecular weight excluding hydrogens is 308 g/mol. The standard InChI is InChI=1S/C14H19BrN2O2/c1-14(13(18)16-2)10-17(6-7-19-14)9-11-4-3-5-12(15)8-11/h3-5,8H,6-7,9-10H2,1-2H3,(H,16,18). The fraction of sp³-hybridized carbons (Fsp3) is 0.500. The maximum atomic E-state index is 11.9. The van der Waals surface area contributed by atoms with Crippen molar-refractivity contribution in [2.45, 2.75) is 19.1 Å². The summed E-state index contributed by atoms with van der Waals surface area (Å²) in [4.78, 5) is 14.1. The van der Waals surface area contributed by atoms with Crippen molar-refractivity contribution in [1.82, 2.24) is 10.2 Å². The Labute approximate surface area is 122 Å². The third-order valence-electron chi connectivity index (χ3n) is 3.36. The molecule has 1 aliphatic rings. The van der Waals surface area contributed by atoms with E-state index in [1.165, 1.54) is 5.56 Å². The molecule has 1 atom stereocenters. The van der Waals surface area contributed by atoms with Crippen LogP contribution in [0.4, 0.5) is 0 Å². The van der Waals surface area contributed by atoms with E-state index in [1.807, 2.05) is 19.1 Å². The maximum absolute atomic E-state index is 11.9. The Morgan fingerprint density at radius 1 is 1.58 bits per heavy atom. The molecule has 1 aromatic carbocycles. The summed E-state index contributed by atoms with van der Waals surface area (Å²) in [5.41, 5.74) is 0.481. The first-order chi connectivity index (χ1) is 9.03. The first kappa shape index (κ1) is 14.5. The molecule has 0 radical (unpaired) electrons. The highest BCUT2D eigenvalue weighted by Crippen LogP contribution is 2.20. The molecule has 1 N–H and O–H groups in total. The van der Waals surface area contributed by atoms with Gasteiger partial charge in [0.1, 0.15) is 0 Å². The minimum absolute atomic E-state index is 0.0635. The lowest BCUT2D eigenvalue weighted by atomic mass is 10.0. The minimum atomic E-state index is -0.751. The monoisotopic (exact) mass is 326 g/mol. The van der Waals surface area contributed by atoms with Crippen LogP contribution in [-0.2, 0) is 16.1 Å². The van der Waals surface area contributed by atoms with Crippen LogP contribution >= 0.6 is 15.9 Å². The number of carbonyl (C=O) groups is 1. The van der Waals surface area contributed by atoms with Gasteiger partial charge < -0.3 is 10.1 Å². The van der Waals surface area contributed by atoms with Crippen LogP contribution in [0.5, 0.6) is 0 Å². The number of likely N-dealkylation sites (N-methyl/N-ethyl adjacent to an activating group) is 1. The van der Waals surface area contributed by atoms with Crippen LogP contribution in [0.25, 0.3) is 0 Å². The van der Waals surface area contributed by atoms with Gasteiger partial charge in [-0.2, -0.15) is 0 Å². The molecule has 1 fully saturated rings. The quantitative estimate of drug-likeness (QED) is 0.920. The summed E-state index contributed by atoms with van der Waals surface area (Å²) in [6, 6.07) is 8.24. The van der Waals surface area contributed by atoms with E-state index < -0.39 is 5.60 Å². The average Bonchev–Trinajstić information content (AvgIpc) is 2.38. The number of halogens is 1. The topological polar surface area (TPSA) is 41.6 Å². The van der Waals surface area contributed by atoms with Gasteiger partial charge in [0.05, 0.1) is 6.61 Å². The molecule has 1 aromatic rings. The Bertz CT molecular complexity index is 467. The fourth-order valence-corrected chi connectivity index (χ4v) is 2.83. The van der Waals surface area contributed by atoms with Crippen LogP contribution < -0.4 is 5.32 Å². The molecule has 1 heterocycles. The van der Waals surface area contributed by atoms with Gasteiger partial charge in [-0.25, -0.2) is 0 Å². The zero-order valence-corrected chi connectivity index (χ0v) is 12.9. The van der Waals surface area contributed by atoms with Gasteiger partial charge in [-0.15, -0.1) is 0 Å². The summed E-state index contributed by atoms with van der Waals surface area (Å²) < 4.78 is 6.72. The van der Waals surface area contributed by atoms with E-state index in [2.05, 4.69) is 38.3 Å². The summed E-state index contributed by atoms with van der Waals surface area (Å²) in [7, 11) is 1.64. The van der Waals surface area contributed by atoms with Crippen molar-refractivity contribution in [3.63, 3.8) is 0 Å². The minimum Gasteiger partial charge on any atom is -0.363 e. The molecule has 4 nitrogen and oxygen atoms in total. The van der Waals surface area contributed by atoms with Crippen molar-refractivity contribution in [3.05, 3.63) is 34.3 Å². The Kier molecular flexibility index (Phi) is 4.60. The summed E-state index contributed by atoms with van der Waals surface area (Å²) in [5.74, 6) is -0.0635. The van der Waals surface area contributed by atoms with Crippen molar-refractivity contribution in [2.24, 2.45) is 0 Å². The summed E-state index contributed by atoms with van der Waals surface area (Å²) in [6.45, 7) is 4.71. The molecule has 0 aromatic heterocycles. The Balaban J connectivity index is 2.04. The van der Waals surface area contributed by atoms with Gasteiger partial charge >= 0.3 is 0 Å². The number of hydrogen-bond acceptors (Lipinski definition) is 3. The normalized spacial score (nSPS) is 24.2. The van der Waals surface area contributed by atoms with E-state index in [0.29, 0.717) is 13.2 Å². The first-order valence-electron chi connectivity index (χ1n) is 6.36. The van der Waals surface area contributed by atoms with Gasteiger partial charge in [0.25, 0.3) is 5.91 Å². The van der Waals surface area contributed by atoms with Gasteiger partial charge in [-0.3, -0.25) is 9.69 Å². The second kappa shape index (κ2) is 6.03. The van der Waals surface area contributed by atoms with Crippen LogP contribution in [-0.4, -0.2) is 43.2 Å². The molecule has 104 valence electrons. The maximum Gasteiger partial charge on any atom is 0.253 e. The van der Waals surface area contributed by atoms with Gasteiger partial charge in [-0.05, 0) is 24.6 Å². The Hall–Kier alpha value is -0.910. The number of amides is 1. The molecule has 1 aliphatic heterocycles. The molecule has 2 rings (SSSR count). The van der Waals surface area contributed by atoms with Crippen molar-refractivity contribution in [2.75, 3.05) is 26.7 Å². The number of carbonyl (C=O) groups excluding carboxylic acids is 1. The molecule has 0 aliphatic carbocycles. The highest BCUT2D eigenvalue weighted by atomic mass is 79.9. The smallest absolute Gasteiger partial charge is 0.253 e. The van der Waals surface area contributed by atoms with Crippen LogP contribution in [0, 0.1) is 0 Å². The molecule has 5 heteroatoms. The average molecular weight is 327 g/mol. The summed E-state index contributed by atoms with van der Waals surface area (Å²) in [6.07, 6.45) is 0. The lowest BCUT2D eigenvalue weighted by Crippen LogP contribution is -2.57. The van der Waals surface area contributed by atoms with Gasteiger partial charge in [-0.1, -0.05) is 28.1 Å². The predicted octanol–water partition coefficient (Wildman–Crippen LogP) is 1.79. The molecule has 0 bridgehead atoms. The molecular formula is C14H19BrN2O2. The van der Waals surface area contributed by atoms with E-state index >= 15 is 0 Å². The third-order valence-corrected chi connectivity index (χ3v) is 3.85. The number of rotatable bonds is 3. The van der Waals surface area contributed by atoms with Gasteiger partial charge in [0, 0.05) is 31.2 Å². The molecule has 1 unspecified atom stereocenters. The van der Waals surface area contributed by atoms with E-state index in [-0.39, 0.29) is 5.91 Å². The third kappa shape index (κ3) is 3.55. The van der Waals surface area contributed by atoms with Crippen molar-refractivity contribution in [3.8, 4) is 0 Å². The zero-order valence-electron chi connectivity index (χ0n) is 11.3. The molecule has 1 saturated heterocycles. The number of nitrogens with zero attached hydrogens (tertiary/aromatic N) is 1. The molecule has 0 spiro atoms. The Morgan fingerprint density at radius 3 is 3.05 bits per heavy atom. The number of morpholine rings is 1. The second-order valence-electron chi connectivity index (χ2n) is 5.00. The zero-order chi connectivity index (χ0) is 13.9. The van der Waals surface area contributed by atoms with E-state index in [4.69, 9.17) is 4.74 Å². The van der Waals surface area contributed by atoms with E-state index in [9.17, 15) is 4.79 Å². The summed E-state index contributed by atoms with van der Waals surface area (Å²) in [5, 5.41) is 2.67. The molecule has 1 amide bonds. The number of nitrogens with one attached hydrogen (secondary N) is 1. The van der Waals surface area contributed by atoms with Crippen molar-refractivity contribution >= 4 is 21.8 Å². The fourth-order valence-electron chi connectivity index (χ4n) is 2.38. The lowest BCUT2D eigenvalue weighted by Gasteiger charge is -2.39. The van der Waals surface area contributed by atoms with E-state index in [1.54, 1.807) is 7.05 Å². The Morgan fingerprint density at radius 2 is 2.37 bits per heavy atom. The van der Waals surface area contributed by atoms with Crippen LogP contribution in [0.2, 0.25) is 0 Å². The van der Waals surface area contributed by atoms with Crippen molar-refractivity contribution < 1.29 is 9.53 Å². The van der Waals surface area contributed by atoms with Crippen LogP contribution in [0.15, 0.2) is 28.7 Å². The summed E-state index contributed by atoms with van der Waals surface area (Å²) >= 11 is 3.48. The lowest BCUT2D eigenvalue weighted by molar-refractivity contribution is -0.156. The van der Waals surface area contributed by atoms with E-state index in [0.717, 1.165) is 17.6 Å². The SMILES string of the molecule is CNC(=O)C1(C)CN(Cc2cccc(Br)c2)CCO1. The second-order valence-corrected chi connectivity index (χ2v) is 5.91. The number of ether oxygens (including phenoxy) is 1. The largest absolute Gasteiger partial charge is 0.363 e. The van der Waals surface area contributed by atoms with Crippen molar-refractivity contribution in [1.29, 1.82) is 0 Å². The highest BCUT2D eigenvalue weighted by Gasteiger charge is 2.38. The molecule has 0 saturated carbocycles. The predicted molar refractivity (Wildman–Crippen MR) is 77.8 cm³/mol. The van der Waals surface area contributed by atoms with Crippen LogP contribution in [0.3, 0.4) is 0 Å². The number of hydrogen-bond donors (Lipinski definition) is 1. The molecule has 19 heavy (non-hydrogen) atoms. The van der Waals surface area contributed by atoms with Crippen LogP contribution in [0.1, 0.15) is 12.5 Å². The first-order valence-corrected chi connectivity index (χ1v) is 7.16. The highest BCUT2D eigenvalue weighted by molar-refractivity contribution is 9.10.